The van der Waals surface area contributed by atoms with Crippen LogP contribution in [-0.4, -0.2) is 12.0 Å². The summed E-state index contributed by atoms with van der Waals surface area (Å²) in [4.78, 5) is 5.99. The topological polar surface area (TPSA) is 27.8 Å². The minimum atomic E-state index is 0.894. The molecule has 1 heterocycles. The molecule has 2 aromatic carbocycles. The molecular formula is C18H20N2S. The van der Waals surface area contributed by atoms with E-state index in [4.69, 9.17) is 0 Å². The van der Waals surface area contributed by atoms with E-state index in [0.29, 0.717) is 0 Å². The Hall–Kier alpha value is -1.71. The Morgan fingerprint density at radius 3 is 2.76 bits per heavy atom. The zero-order valence-corrected chi connectivity index (χ0v) is 13.5. The highest BCUT2D eigenvalue weighted by molar-refractivity contribution is 7.99. The minimum absolute atomic E-state index is 0.894. The zero-order valence-electron chi connectivity index (χ0n) is 12.7. The lowest BCUT2D eigenvalue weighted by Gasteiger charge is -2.10. The van der Waals surface area contributed by atoms with Crippen LogP contribution < -0.4 is 5.32 Å². The molecule has 0 fully saturated rings. The van der Waals surface area contributed by atoms with Crippen molar-refractivity contribution in [1.82, 2.24) is 10.3 Å². The molecule has 0 amide bonds. The van der Waals surface area contributed by atoms with E-state index < -0.39 is 0 Å². The number of H-pyrrole nitrogens is 1. The third-order valence-electron chi connectivity index (χ3n) is 3.68. The van der Waals surface area contributed by atoms with Crippen molar-refractivity contribution in [1.29, 1.82) is 0 Å². The highest BCUT2D eigenvalue weighted by atomic mass is 32.2. The van der Waals surface area contributed by atoms with Gasteiger partial charge in [0.2, 0.25) is 0 Å². The minimum Gasteiger partial charge on any atom is -0.360 e. The van der Waals surface area contributed by atoms with Crippen LogP contribution in [-0.2, 0) is 6.54 Å². The molecule has 0 atom stereocenters. The summed E-state index contributed by atoms with van der Waals surface area (Å²) in [5.41, 5.74) is 5.18. The maximum absolute atomic E-state index is 3.38. The van der Waals surface area contributed by atoms with Crippen molar-refractivity contribution in [3.63, 3.8) is 0 Å². The van der Waals surface area contributed by atoms with Gasteiger partial charge in [0.05, 0.1) is 0 Å². The van der Waals surface area contributed by atoms with E-state index in [-0.39, 0.29) is 0 Å². The van der Waals surface area contributed by atoms with Gasteiger partial charge in [-0.1, -0.05) is 41.6 Å². The molecule has 1 aromatic heterocycles. The van der Waals surface area contributed by atoms with Gasteiger partial charge in [-0.05, 0) is 44.2 Å². The van der Waals surface area contributed by atoms with E-state index >= 15 is 0 Å². The summed E-state index contributed by atoms with van der Waals surface area (Å²) < 4.78 is 0. The lowest BCUT2D eigenvalue weighted by atomic mass is 10.1. The smallest absolute Gasteiger partial charge is 0.0468 e. The van der Waals surface area contributed by atoms with Crippen molar-refractivity contribution in [3.8, 4) is 0 Å². The van der Waals surface area contributed by atoms with Gasteiger partial charge in [0.15, 0.2) is 0 Å². The van der Waals surface area contributed by atoms with E-state index in [0.717, 1.165) is 6.54 Å². The highest BCUT2D eigenvalue weighted by Gasteiger charge is 2.10. The van der Waals surface area contributed by atoms with Gasteiger partial charge in [0, 0.05) is 33.4 Å². The van der Waals surface area contributed by atoms with Gasteiger partial charge in [0.25, 0.3) is 0 Å². The van der Waals surface area contributed by atoms with Gasteiger partial charge in [-0.3, -0.25) is 0 Å². The van der Waals surface area contributed by atoms with Gasteiger partial charge in [-0.25, -0.2) is 0 Å². The number of hydrogen-bond donors (Lipinski definition) is 2. The van der Waals surface area contributed by atoms with Crippen LogP contribution in [0.4, 0.5) is 0 Å². The molecule has 2 nitrogen and oxygen atoms in total. The first kappa shape index (κ1) is 14.2. The quantitative estimate of drug-likeness (QED) is 0.733. The number of aromatic nitrogens is 1. The molecule has 0 aliphatic carbocycles. The second-order valence-electron chi connectivity index (χ2n) is 5.39. The molecule has 3 aromatic rings. The fraction of sp³-hybridized carbons (Fsp3) is 0.222. The molecule has 0 aliphatic rings. The highest BCUT2D eigenvalue weighted by Crippen LogP contribution is 2.37. The maximum Gasteiger partial charge on any atom is 0.0468 e. The summed E-state index contributed by atoms with van der Waals surface area (Å²) in [6.45, 7) is 5.21. The van der Waals surface area contributed by atoms with E-state index in [1.807, 2.05) is 18.8 Å². The first-order valence-corrected chi connectivity index (χ1v) is 7.99. The standard InChI is InChI=1S/C18H20N2S/c1-12-7-8-16(14(9-12)10-19-3)21-17-11-20-15-6-4-5-13(2)18(15)17/h4-9,11,19-20H,10H2,1-3H3. The molecule has 0 unspecified atom stereocenters. The average Bonchev–Trinajstić information content (AvgIpc) is 2.87. The van der Waals surface area contributed by atoms with Crippen LogP contribution in [0.25, 0.3) is 10.9 Å². The maximum atomic E-state index is 3.38. The SMILES string of the molecule is CNCc1cc(C)ccc1Sc1c[nH]c2cccc(C)c12. The summed E-state index contributed by atoms with van der Waals surface area (Å²) in [5, 5.41) is 4.59. The summed E-state index contributed by atoms with van der Waals surface area (Å²) in [6.07, 6.45) is 2.12. The zero-order chi connectivity index (χ0) is 14.8. The Kier molecular flexibility index (Phi) is 4.04. The van der Waals surface area contributed by atoms with Crippen molar-refractivity contribution >= 4 is 22.7 Å². The van der Waals surface area contributed by atoms with E-state index in [2.05, 4.69) is 66.7 Å². The first-order chi connectivity index (χ1) is 10.2. The van der Waals surface area contributed by atoms with Crippen molar-refractivity contribution < 1.29 is 0 Å². The monoisotopic (exact) mass is 296 g/mol. The molecule has 0 bridgehead atoms. The van der Waals surface area contributed by atoms with E-state index in [1.54, 1.807) is 0 Å². The predicted molar refractivity (Wildman–Crippen MR) is 91.1 cm³/mol. The van der Waals surface area contributed by atoms with Crippen LogP contribution in [0.5, 0.6) is 0 Å². The second-order valence-corrected chi connectivity index (χ2v) is 6.48. The third kappa shape index (κ3) is 2.85. The average molecular weight is 296 g/mol. The fourth-order valence-corrected chi connectivity index (χ4v) is 3.79. The Labute approximate surface area is 130 Å². The second kappa shape index (κ2) is 5.96. The Morgan fingerprint density at radius 2 is 1.95 bits per heavy atom. The number of hydrogen-bond acceptors (Lipinski definition) is 2. The van der Waals surface area contributed by atoms with E-state index in [9.17, 15) is 0 Å². The van der Waals surface area contributed by atoms with Gasteiger partial charge in [-0.2, -0.15) is 0 Å². The largest absolute Gasteiger partial charge is 0.360 e. The molecule has 108 valence electrons. The molecule has 0 radical (unpaired) electrons. The number of fused-ring (bicyclic) bond motifs is 1. The van der Waals surface area contributed by atoms with Crippen LogP contribution in [0, 0.1) is 13.8 Å². The van der Waals surface area contributed by atoms with Crippen molar-refractivity contribution in [2.75, 3.05) is 7.05 Å². The number of aromatic amines is 1. The number of benzene rings is 2. The Bertz CT molecular complexity index is 774. The van der Waals surface area contributed by atoms with Crippen molar-refractivity contribution in [2.24, 2.45) is 0 Å². The fourth-order valence-electron chi connectivity index (χ4n) is 2.67. The molecule has 0 saturated heterocycles. The molecule has 3 heteroatoms. The van der Waals surface area contributed by atoms with Crippen LogP contribution in [0.3, 0.4) is 0 Å². The normalized spacial score (nSPS) is 11.2. The third-order valence-corrected chi connectivity index (χ3v) is 4.84. The molecule has 0 aliphatic heterocycles. The Balaban J connectivity index is 2.03. The summed E-state index contributed by atoms with van der Waals surface area (Å²) in [5.74, 6) is 0. The predicted octanol–water partition coefficient (Wildman–Crippen LogP) is 4.66. The van der Waals surface area contributed by atoms with Gasteiger partial charge < -0.3 is 10.3 Å². The lowest BCUT2D eigenvalue weighted by Crippen LogP contribution is -2.06. The van der Waals surface area contributed by atoms with Crippen LogP contribution in [0.1, 0.15) is 16.7 Å². The van der Waals surface area contributed by atoms with Crippen molar-refractivity contribution in [2.45, 2.75) is 30.2 Å². The number of nitrogens with one attached hydrogen (secondary N) is 2. The van der Waals surface area contributed by atoms with Crippen molar-refractivity contribution in [3.05, 3.63) is 59.3 Å². The van der Waals surface area contributed by atoms with Gasteiger partial charge in [0.1, 0.15) is 0 Å². The molecular weight excluding hydrogens is 276 g/mol. The van der Waals surface area contributed by atoms with Crippen LogP contribution in [0.2, 0.25) is 0 Å². The first-order valence-electron chi connectivity index (χ1n) is 7.17. The van der Waals surface area contributed by atoms with E-state index in [1.165, 1.54) is 37.4 Å². The van der Waals surface area contributed by atoms with Gasteiger partial charge >= 0.3 is 0 Å². The van der Waals surface area contributed by atoms with Crippen LogP contribution >= 0.6 is 11.8 Å². The van der Waals surface area contributed by atoms with Crippen LogP contribution in [0.15, 0.2) is 52.4 Å². The summed E-state index contributed by atoms with van der Waals surface area (Å²) >= 11 is 1.84. The molecule has 0 saturated carbocycles. The summed E-state index contributed by atoms with van der Waals surface area (Å²) in [6, 6.07) is 13.1. The number of rotatable bonds is 4. The molecule has 0 spiro atoms. The lowest BCUT2D eigenvalue weighted by molar-refractivity contribution is 0.802. The van der Waals surface area contributed by atoms with Gasteiger partial charge in [-0.15, -0.1) is 0 Å². The number of aryl methyl sites for hydroxylation is 2. The Morgan fingerprint density at radius 1 is 1.10 bits per heavy atom. The molecule has 3 rings (SSSR count). The molecule has 2 N–H and O–H groups in total. The summed E-state index contributed by atoms with van der Waals surface area (Å²) in [7, 11) is 1.99. The molecule has 21 heavy (non-hydrogen) atoms.